The molecule has 108 heavy (non-hydrogen) atoms. The minimum Gasteiger partial charge on any atom is -0.458 e. The van der Waals surface area contributed by atoms with Crippen LogP contribution in [0, 0.1) is 0 Å². The third-order valence-electron chi connectivity index (χ3n) is 23.2. The van der Waals surface area contributed by atoms with Gasteiger partial charge in [-0.15, -0.1) is 0 Å². The summed E-state index contributed by atoms with van der Waals surface area (Å²) in [7, 11) is 0. The average molecular weight is 1430 g/mol. The normalized spacial score (nSPS) is 14.6. The van der Waals surface area contributed by atoms with Gasteiger partial charge in [0.1, 0.15) is 34.5 Å². The fourth-order valence-electron chi connectivity index (χ4n) is 16.6. The van der Waals surface area contributed by atoms with Gasteiger partial charge in [-0.1, -0.05) is 281 Å². The molecule has 558 valence electrons. The van der Waals surface area contributed by atoms with E-state index >= 15 is 0 Å². The smallest absolute Gasteiger partial charge is 0.256 e. The Morgan fingerprint density at radius 1 is 0.231 bits per heavy atom. The minimum atomic E-state index is -0.313. The number of fused-ring (bicyclic) bond motifs is 8. The zero-order valence-electron chi connectivity index (χ0n) is 71.0. The van der Waals surface area contributed by atoms with Gasteiger partial charge in [-0.25, -0.2) is 0 Å². The van der Waals surface area contributed by atoms with Crippen LogP contribution in [0.2, 0.25) is 0 Å². The van der Waals surface area contributed by atoms with Gasteiger partial charge >= 0.3 is 0 Å². The van der Waals surface area contributed by atoms with Crippen molar-refractivity contribution in [3.63, 3.8) is 0 Å². The Morgan fingerprint density at radius 2 is 0.556 bits per heavy atom. The third-order valence-corrected chi connectivity index (χ3v) is 23.2. The van der Waals surface area contributed by atoms with E-state index in [1.54, 1.807) is 0 Å². The molecule has 6 nitrogen and oxygen atoms in total. The lowest BCUT2D eigenvalue weighted by Crippen LogP contribution is -2.65. The molecule has 0 aliphatic carbocycles. The third kappa shape index (κ3) is 13.8. The van der Waals surface area contributed by atoms with E-state index in [0.717, 1.165) is 79.5 Å². The molecule has 14 rings (SSSR count). The molecule has 4 aliphatic rings. The second-order valence-corrected chi connectivity index (χ2v) is 42.2. The van der Waals surface area contributed by atoms with Crippen LogP contribution in [0.25, 0.3) is 0 Å². The molecule has 0 bridgehead atoms. The summed E-state index contributed by atoms with van der Waals surface area (Å²) in [6.07, 6.45) is 0. The summed E-state index contributed by atoms with van der Waals surface area (Å²) in [6, 6.07) is 67.8. The van der Waals surface area contributed by atoms with E-state index in [4.69, 9.17) is 14.2 Å². The van der Waals surface area contributed by atoms with Crippen molar-refractivity contribution in [2.24, 2.45) is 0 Å². The lowest BCUT2D eigenvalue weighted by molar-refractivity contribution is 0.462. The molecule has 0 aromatic heterocycles. The van der Waals surface area contributed by atoms with Crippen LogP contribution in [0.1, 0.15) is 263 Å². The predicted octanol–water partition coefficient (Wildman–Crippen LogP) is 24.7. The maximum Gasteiger partial charge on any atom is 0.256 e. The highest BCUT2D eigenvalue weighted by Crippen LogP contribution is 2.53. The molecular formula is C100H119B2N3O3. The van der Waals surface area contributed by atoms with Gasteiger partial charge in [0.05, 0.1) is 0 Å². The van der Waals surface area contributed by atoms with Crippen LogP contribution >= 0.6 is 0 Å². The number of anilines is 9. The van der Waals surface area contributed by atoms with E-state index in [1.165, 1.54) is 88.9 Å². The van der Waals surface area contributed by atoms with Crippen molar-refractivity contribution < 1.29 is 14.2 Å². The van der Waals surface area contributed by atoms with E-state index in [-0.39, 0.29) is 67.6 Å². The SMILES string of the molecule is CC(C)(C)c1ccc(Oc2cc3c4c(c2)N(c2cc(C(C)(C)C)cc(C(C)(C)C)c2)c2cc(C(C)(C)C)cc(C(C)(C)C)c2B4c2cc4c(cc2O3)N(c2ccccc2)c2cc(Oc3ccc(C(C)(C)C)cc3)cc3c2B4c2c(cc(C(C)(C)C)cc2C(C)(C)C)N3c2cc(C(C)(C)C)cc(C(C)(C)C)c2)cc1. The monoisotopic (exact) mass is 1430 g/mol. The first-order valence-corrected chi connectivity index (χ1v) is 39.8. The van der Waals surface area contributed by atoms with Crippen LogP contribution in [0.3, 0.4) is 0 Å². The number of benzene rings is 10. The van der Waals surface area contributed by atoms with Gasteiger partial charge < -0.3 is 28.9 Å². The molecule has 0 N–H and O–H groups in total. The molecule has 0 saturated heterocycles. The summed E-state index contributed by atoms with van der Waals surface area (Å²) in [4.78, 5) is 7.79. The van der Waals surface area contributed by atoms with E-state index in [1.807, 2.05) is 0 Å². The molecule has 0 spiro atoms. The number of ether oxygens (including phenoxy) is 3. The number of rotatable bonds is 7. The fourth-order valence-corrected chi connectivity index (χ4v) is 16.6. The second kappa shape index (κ2) is 25.3. The summed E-state index contributed by atoms with van der Waals surface area (Å²) in [5.41, 5.74) is 28.3. The van der Waals surface area contributed by atoms with Crippen LogP contribution in [0.4, 0.5) is 51.2 Å². The maximum atomic E-state index is 7.99. The van der Waals surface area contributed by atoms with Crippen LogP contribution in [-0.2, 0) is 54.1 Å². The highest BCUT2D eigenvalue weighted by Gasteiger charge is 2.51. The van der Waals surface area contributed by atoms with Gasteiger partial charge in [-0.05, 0) is 215 Å². The maximum absolute atomic E-state index is 7.99. The van der Waals surface area contributed by atoms with Crippen molar-refractivity contribution in [3.8, 4) is 34.5 Å². The second-order valence-electron chi connectivity index (χ2n) is 42.2. The topological polar surface area (TPSA) is 37.4 Å². The summed E-state index contributed by atoms with van der Waals surface area (Å²) in [6.45, 7) is 70.1. The molecule has 0 fully saturated rings. The van der Waals surface area contributed by atoms with Crippen LogP contribution < -0.4 is 61.7 Å². The van der Waals surface area contributed by atoms with Crippen LogP contribution in [0.5, 0.6) is 34.5 Å². The lowest BCUT2D eigenvalue weighted by atomic mass is 9.29. The number of hydrogen-bond acceptors (Lipinski definition) is 6. The van der Waals surface area contributed by atoms with Crippen LogP contribution in [0.15, 0.2) is 176 Å². The van der Waals surface area contributed by atoms with Crippen molar-refractivity contribution in [1.82, 2.24) is 0 Å². The quantitative estimate of drug-likeness (QED) is 0.148. The molecule has 0 amide bonds. The van der Waals surface area contributed by atoms with Gasteiger partial charge in [0.25, 0.3) is 13.4 Å². The standard InChI is InChI=1S/C100H119B2N3O3/c1-91(2,3)60-36-40-71(41-37-60)106-73-54-82-89-83(55-73)104(69-46-62(93(7,8)9)44-63(47-69)94(10,11)12)80-52-66(97(19,20)21)50-75(99(25,26)27)87(80)101(89)77-58-78-85(59-79(77)103(82)68-34-32-31-33-35-68)108-86-57-74(107-72-42-38-61(39-43-72)92(4,5)6)56-84-90(86)102(78)88-76(100(28,29)30)51-67(98(22,23)24)53-81(88)105(84)70-48-64(95(13,14)15)45-65(49-70)96(16,17)18/h31-59H,1-30H3. The summed E-state index contributed by atoms with van der Waals surface area (Å²) >= 11 is 0. The summed E-state index contributed by atoms with van der Waals surface area (Å²) in [5, 5.41) is 0. The molecule has 10 aromatic rings. The van der Waals surface area contributed by atoms with Gasteiger partial charge in [-0.2, -0.15) is 0 Å². The van der Waals surface area contributed by atoms with Crippen molar-refractivity contribution >= 4 is 97.4 Å². The lowest BCUT2D eigenvalue weighted by Gasteiger charge is -2.47. The Hall–Kier alpha value is -8.87. The number of hydrogen-bond donors (Lipinski definition) is 0. The van der Waals surface area contributed by atoms with Crippen molar-refractivity contribution in [3.05, 3.63) is 232 Å². The molecule has 0 saturated carbocycles. The Kier molecular flexibility index (Phi) is 17.8. The highest BCUT2D eigenvalue weighted by atomic mass is 16.5. The van der Waals surface area contributed by atoms with Crippen LogP contribution in [-0.4, -0.2) is 13.4 Å². The molecule has 0 atom stereocenters. The Labute approximate surface area is 650 Å². The van der Waals surface area contributed by atoms with Gasteiger partial charge in [0, 0.05) is 81.5 Å². The zero-order valence-corrected chi connectivity index (χ0v) is 71.0. The molecule has 8 heteroatoms. The van der Waals surface area contributed by atoms with E-state index in [9.17, 15) is 0 Å². The Balaban J connectivity index is 1.14. The Bertz CT molecular complexity index is 5160. The Morgan fingerprint density at radius 3 is 0.917 bits per heavy atom. The van der Waals surface area contributed by atoms with E-state index < -0.39 is 0 Å². The van der Waals surface area contributed by atoms with Gasteiger partial charge in [0.2, 0.25) is 0 Å². The largest absolute Gasteiger partial charge is 0.458 e. The fraction of sp³-hybridized carbons (Fsp3) is 0.400. The minimum absolute atomic E-state index is 0.0287. The van der Waals surface area contributed by atoms with Gasteiger partial charge in [0.15, 0.2) is 0 Å². The summed E-state index contributed by atoms with van der Waals surface area (Å²) in [5.74, 6) is 4.59. The van der Waals surface area contributed by atoms with E-state index in [0.29, 0.717) is 5.75 Å². The predicted molar refractivity (Wildman–Crippen MR) is 466 cm³/mol. The van der Waals surface area contributed by atoms with Crippen molar-refractivity contribution in [2.75, 3.05) is 14.7 Å². The molecule has 4 heterocycles. The van der Waals surface area contributed by atoms with Crippen molar-refractivity contribution in [1.29, 1.82) is 0 Å². The number of nitrogens with zero attached hydrogens (tertiary/aromatic N) is 3. The molecule has 4 aliphatic heterocycles. The molecule has 10 aromatic carbocycles. The molecule has 0 radical (unpaired) electrons. The first kappa shape index (κ1) is 75.9. The van der Waals surface area contributed by atoms with E-state index in [2.05, 4.69) is 398 Å². The van der Waals surface area contributed by atoms with Gasteiger partial charge in [-0.3, -0.25) is 0 Å². The van der Waals surface area contributed by atoms with Crippen molar-refractivity contribution in [2.45, 2.75) is 262 Å². The average Bonchev–Trinajstić information content (AvgIpc) is 0.658. The molecular weight excluding hydrogens is 1310 g/mol. The first-order valence-electron chi connectivity index (χ1n) is 39.8. The summed E-state index contributed by atoms with van der Waals surface area (Å²) < 4.78 is 22.7. The zero-order chi connectivity index (χ0) is 78.4. The molecule has 0 unspecified atom stereocenters. The first-order chi connectivity index (χ1) is 49.8. The number of para-hydroxylation sites is 1. The highest BCUT2D eigenvalue weighted by molar-refractivity contribution is 7.03.